The third-order valence-electron chi connectivity index (χ3n) is 2.84. The summed E-state index contributed by atoms with van der Waals surface area (Å²) < 4.78 is 0. The Balaban J connectivity index is 1.99. The standard InChI is InChI=1S/C12H16OS/c13-12-4-2-1-3-11(12)9-10-5-7-14-8-6-10/h1-4,10,13H,5-9H2. The molecule has 1 aliphatic rings. The molecule has 2 rings (SSSR count). The number of rotatable bonds is 2. The molecule has 1 N–H and O–H groups in total. The summed E-state index contributed by atoms with van der Waals surface area (Å²) in [4.78, 5) is 0. The Bertz CT molecular complexity index is 292. The fourth-order valence-corrected chi connectivity index (χ4v) is 3.15. The highest BCUT2D eigenvalue weighted by atomic mass is 32.2. The summed E-state index contributed by atoms with van der Waals surface area (Å²) in [6, 6.07) is 7.71. The lowest BCUT2D eigenvalue weighted by molar-refractivity contribution is 0.443. The van der Waals surface area contributed by atoms with Crippen LogP contribution >= 0.6 is 11.8 Å². The third-order valence-corrected chi connectivity index (χ3v) is 3.89. The molecule has 14 heavy (non-hydrogen) atoms. The van der Waals surface area contributed by atoms with Crippen molar-refractivity contribution < 1.29 is 5.11 Å². The molecule has 0 bridgehead atoms. The number of para-hydroxylation sites is 1. The van der Waals surface area contributed by atoms with Crippen molar-refractivity contribution in [3.63, 3.8) is 0 Å². The summed E-state index contributed by atoms with van der Waals surface area (Å²) in [5.41, 5.74) is 1.12. The summed E-state index contributed by atoms with van der Waals surface area (Å²) in [6.07, 6.45) is 3.66. The van der Waals surface area contributed by atoms with E-state index in [-0.39, 0.29) is 0 Å². The van der Waals surface area contributed by atoms with Crippen LogP contribution in [0.25, 0.3) is 0 Å². The van der Waals surface area contributed by atoms with Crippen LogP contribution in [0.2, 0.25) is 0 Å². The molecule has 0 spiro atoms. The van der Waals surface area contributed by atoms with Crippen LogP contribution in [0, 0.1) is 5.92 Å². The first-order valence-corrected chi connectivity index (χ1v) is 6.36. The highest BCUT2D eigenvalue weighted by molar-refractivity contribution is 7.99. The quantitative estimate of drug-likeness (QED) is 0.806. The SMILES string of the molecule is Oc1ccccc1CC1CCSCC1. The molecule has 1 heterocycles. The Labute approximate surface area is 89.5 Å². The molecule has 1 aromatic carbocycles. The number of benzene rings is 1. The van der Waals surface area contributed by atoms with Crippen molar-refractivity contribution in [2.75, 3.05) is 11.5 Å². The molecule has 1 fully saturated rings. The lowest BCUT2D eigenvalue weighted by Crippen LogP contribution is -2.12. The van der Waals surface area contributed by atoms with E-state index >= 15 is 0 Å². The normalized spacial score (nSPS) is 18.3. The van der Waals surface area contributed by atoms with Gasteiger partial charge in [0.05, 0.1) is 0 Å². The zero-order valence-corrected chi connectivity index (χ0v) is 9.09. The van der Waals surface area contributed by atoms with Crippen LogP contribution in [0.5, 0.6) is 5.75 Å². The summed E-state index contributed by atoms with van der Waals surface area (Å²) in [7, 11) is 0. The van der Waals surface area contributed by atoms with Crippen molar-refractivity contribution in [2.45, 2.75) is 19.3 Å². The van der Waals surface area contributed by atoms with Crippen molar-refractivity contribution >= 4 is 11.8 Å². The maximum atomic E-state index is 9.64. The molecule has 0 amide bonds. The fraction of sp³-hybridized carbons (Fsp3) is 0.500. The van der Waals surface area contributed by atoms with Crippen molar-refractivity contribution in [2.24, 2.45) is 5.92 Å². The van der Waals surface area contributed by atoms with Crippen LogP contribution < -0.4 is 0 Å². The molecule has 0 unspecified atom stereocenters. The van der Waals surface area contributed by atoms with Gasteiger partial charge in [0.15, 0.2) is 0 Å². The van der Waals surface area contributed by atoms with Gasteiger partial charge in [0, 0.05) is 0 Å². The summed E-state index contributed by atoms with van der Waals surface area (Å²) in [5, 5.41) is 9.64. The fourth-order valence-electron chi connectivity index (χ4n) is 1.94. The molecule has 1 aliphatic heterocycles. The van der Waals surface area contributed by atoms with Gasteiger partial charge in [-0.05, 0) is 48.3 Å². The van der Waals surface area contributed by atoms with Gasteiger partial charge in [0.1, 0.15) is 5.75 Å². The lowest BCUT2D eigenvalue weighted by atomic mass is 9.94. The number of thioether (sulfide) groups is 1. The predicted molar refractivity (Wildman–Crippen MR) is 61.9 cm³/mol. The van der Waals surface area contributed by atoms with Gasteiger partial charge in [-0.15, -0.1) is 0 Å². The molecule has 2 heteroatoms. The minimum absolute atomic E-state index is 0.464. The van der Waals surface area contributed by atoms with Crippen molar-refractivity contribution in [1.29, 1.82) is 0 Å². The molecular formula is C12H16OS. The molecule has 0 atom stereocenters. The smallest absolute Gasteiger partial charge is 0.118 e. The molecule has 0 saturated carbocycles. The average Bonchev–Trinajstić information content (AvgIpc) is 2.23. The second kappa shape index (κ2) is 4.74. The van der Waals surface area contributed by atoms with Crippen LogP contribution in [-0.2, 0) is 6.42 Å². The van der Waals surface area contributed by atoms with Gasteiger partial charge in [-0.3, -0.25) is 0 Å². The Hall–Kier alpha value is -0.630. The van der Waals surface area contributed by atoms with Gasteiger partial charge in [0.2, 0.25) is 0 Å². The summed E-state index contributed by atoms with van der Waals surface area (Å²) in [6.45, 7) is 0. The third kappa shape index (κ3) is 2.44. The van der Waals surface area contributed by atoms with Crippen LogP contribution in [-0.4, -0.2) is 16.6 Å². The molecule has 1 aromatic rings. The molecule has 0 radical (unpaired) electrons. The monoisotopic (exact) mass is 208 g/mol. The largest absolute Gasteiger partial charge is 0.508 e. The number of hydrogen-bond acceptors (Lipinski definition) is 2. The van der Waals surface area contributed by atoms with E-state index < -0.39 is 0 Å². The van der Waals surface area contributed by atoms with E-state index in [4.69, 9.17) is 0 Å². The summed E-state index contributed by atoms with van der Waals surface area (Å²) >= 11 is 2.05. The highest BCUT2D eigenvalue weighted by Gasteiger charge is 2.15. The van der Waals surface area contributed by atoms with E-state index in [0.717, 1.165) is 17.9 Å². The van der Waals surface area contributed by atoms with Crippen LogP contribution in [0.15, 0.2) is 24.3 Å². The Morgan fingerprint density at radius 3 is 2.64 bits per heavy atom. The highest BCUT2D eigenvalue weighted by Crippen LogP contribution is 2.28. The first-order chi connectivity index (χ1) is 6.86. The van der Waals surface area contributed by atoms with Gasteiger partial charge in [-0.25, -0.2) is 0 Å². The first kappa shape index (κ1) is 9.91. The number of phenolic OH excluding ortho intramolecular Hbond substituents is 1. The van der Waals surface area contributed by atoms with E-state index in [1.54, 1.807) is 6.07 Å². The topological polar surface area (TPSA) is 20.2 Å². The molecule has 0 aromatic heterocycles. The molecule has 76 valence electrons. The van der Waals surface area contributed by atoms with Gasteiger partial charge in [-0.2, -0.15) is 11.8 Å². The van der Waals surface area contributed by atoms with E-state index in [0.29, 0.717) is 5.75 Å². The molecular weight excluding hydrogens is 192 g/mol. The number of hydrogen-bond donors (Lipinski definition) is 1. The number of aromatic hydroxyl groups is 1. The first-order valence-electron chi connectivity index (χ1n) is 5.21. The van der Waals surface area contributed by atoms with E-state index in [9.17, 15) is 5.11 Å². The van der Waals surface area contributed by atoms with Crippen molar-refractivity contribution in [1.82, 2.24) is 0 Å². The van der Waals surface area contributed by atoms with Crippen LogP contribution in [0.3, 0.4) is 0 Å². The Morgan fingerprint density at radius 2 is 1.93 bits per heavy atom. The maximum Gasteiger partial charge on any atom is 0.118 e. The lowest BCUT2D eigenvalue weighted by Gasteiger charge is -2.21. The summed E-state index contributed by atoms with van der Waals surface area (Å²) in [5.74, 6) is 3.83. The molecule has 0 aliphatic carbocycles. The maximum absolute atomic E-state index is 9.64. The van der Waals surface area contributed by atoms with Gasteiger partial charge >= 0.3 is 0 Å². The van der Waals surface area contributed by atoms with Crippen LogP contribution in [0.1, 0.15) is 18.4 Å². The Kier molecular flexibility index (Phi) is 3.35. The Morgan fingerprint density at radius 1 is 1.21 bits per heavy atom. The number of phenols is 1. The predicted octanol–water partition coefficient (Wildman–Crippen LogP) is 3.08. The second-order valence-electron chi connectivity index (χ2n) is 3.89. The van der Waals surface area contributed by atoms with E-state index in [1.807, 2.05) is 18.2 Å². The van der Waals surface area contributed by atoms with Crippen molar-refractivity contribution in [3.05, 3.63) is 29.8 Å². The van der Waals surface area contributed by atoms with Crippen molar-refractivity contribution in [3.8, 4) is 5.75 Å². The van der Waals surface area contributed by atoms with Gasteiger partial charge < -0.3 is 5.11 Å². The second-order valence-corrected chi connectivity index (χ2v) is 5.11. The average molecular weight is 208 g/mol. The molecule has 1 nitrogen and oxygen atoms in total. The van der Waals surface area contributed by atoms with Crippen LogP contribution in [0.4, 0.5) is 0 Å². The van der Waals surface area contributed by atoms with Gasteiger partial charge in [-0.1, -0.05) is 18.2 Å². The van der Waals surface area contributed by atoms with E-state index in [1.165, 1.54) is 24.3 Å². The minimum atomic E-state index is 0.464. The molecule has 1 saturated heterocycles. The zero-order valence-electron chi connectivity index (χ0n) is 8.28. The minimum Gasteiger partial charge on any atom is -0.508 e. The zero-order chi connectivity index (χ0) is 9.80. The van der Waals surface area contributed by atoms with Gasteiger partial charge in [0.25, 0.3) is 0 Å². The van der Waals surface area contributed by atoms with E-state index in [2.05, 4.69) is 11.8 Å².